The van der Waals surface area contributed by atoms with Gasteiger partial charge in [0.1, 0.15) is 0 Å². The van der Waals surface area contributed by atoms with Gasteiger partial charge in [-0.1, -0.05) is 30.3 Å². The van der Waals surface area contributed by atoms with Crippen LogP contribution in [0.5, 0.6) is 0 Å². The van der Waals surface area contributed by atoms with E-state index in [1.807, 2.05) is 37.3 Å². The zero-order valence-electron chi connectivity index (χ0n) is 9.61. The van der Waals surface area contributed by atoms with Crippen molar-refractivity contribution in [3.63, 3.8) is 0 Å². The molecule has 0 amide bonds. The maximum atomic E-state index is 9.47. The van der Waals surface area contributed by atoms with Gasteiger partial charge in [-0.25, -0.2) is 0 Å². The van der Waals surface area contributed by atoms with E-state index in [0.717, 1.165) is 18.5 Å². The number of nitrogens with zero attached hydrogens (tertiary/aromatic N) is 1. The van der Waals surface area contributed by atoms with E-state index in [2.05, 4.69) is 11.4 Å². The summed E-state index contributed by atoms with van der Waals surface area (Å²) in [6.07, 6.45) is 1.35. The molecule has 0 fully saturated rings. The molecule has 0 bridgehead atoms. The van der Waals surface area contributed by atoms with Crippen LogP contribution in [-0.2, 0) is 5.54 Å². The molecule has 0 aliphatic carbocycles. The molecule has 16 heavy (non-hydrogen) atoms. The number of nitriles is 1. The molecule has 0 spiro atoms. The lowest BCUT2D eigenvalue weighted by Crippen LogP contribution is -2.43. The van der Waals surface area contributed by atoms with E-state index >= 15 is 0 Å². The number of hydrogen-bond acceptors (Lipinski definition) is 3. The van der Waals surface area contributed by atoms with Crippen LogP contribution in [-0.4, -0.2) is 18.3 Å². The molecule has 2 N–H and O–H groups in total. The molecule has 0 aliphatic rings. The highest BCUT2D eigenvalue weighted by Crippen LogP contribution is 2.19. The summed E-state index contributed by atoms with van der Waals surface area (Å²) in [6.45, 7) is 2.75. The summed E-state index contributed by atoms with van der Waals surface area (Å²) < 4.78 is 0. The minimum atomic E-state index is -0.420. The zero-order valence-corrected chi connectivity index (χ0v) is 9.61. The van der Waals surface area contributed by atoms with Crippen molar-refractivity contribution in [2.24, 2.45) is 0 Å². The summed E-state index contributed by atoms with van der Waals surface area (Å²) >= 11 is 0. The Kier molecular flexibility index (Phi) is 4.97. The van der Waals surface area contributed by atoms with Crippen molar-refractivity contribution in [2.45, 2.75) is 25.3 Å². The van der Waals surface area contributed by atoms with Gasteiger partial charge in [-0.2, -0.15) is 5.26 Å². The minimum Gasteiger partial charge on any atom is -0.394 e. The summed E-state index contributed by atoms with van der Waals surface area (Å²) in [4.78, 5) is 0. The third-order valence-electron chi connectivity index (χ3n) is 2.71. The molecule has 1 unspecified atom stereocenters. The maximum Gasteiger partial charge on any atom is 0.0652 e. The second-order valence-electron chi connectivity index (χ2n) is 4.04. The third-order valence-corrected chi connectivity index (χ3v) is 2.71. The van der Waals surface area contributed by atoms with Crippen LogP contribution in [0.3, 0.4) is 0 Å². The Balaban J connectivity index is 2.60. The standard InChI is InChI=1S/C13H18N2O/c1-13(11-16,15-10-6-5-9-14)12-7-3-2-4-8-12/h2-4,7-8,15-16H,5-6,10-11H2,1H3. The summed E-state index contributed by atoms with van der Waals surface area (Å²) in [5.41, 5.74) is 0.644. The maximum absolute atomic E-state index is 9.47. The normalized spacial score (nSPS) is 14.1. The summed E-state index contributed by atoms with van der Waals surface area (Å²) in [5, 5.41) is 21.2. The van der Waals surface area contributed by atoms with Crippen LogP contribution in [0.2, 0.25) is 0 Å². The lowest BCUT2D eigenvalue weighted by atomic mass is 9.93. The van der Waals surface area contributed by atoms with Crippen LogP contribution >= 0.6 is 0 Å². The predicted octanol–water partition coefficient (Wildman–Crippen LogP) is 1.79. The first-order chi connectivity index (χ1) is 7.73. The van der Waals surface area contributed by atoms with E-state index in [-0.39, 0.29) is 6.61 Å². The molecule has 0 saturated carbocycles. The quantitative estimate of drug-likeness (QED) is 0.716. The van der Waals surface area contributed by atoms with Gasteiger partial charge in [0, 0.05) is 6.42 Å². The minimum absolute atomic E-state index is 0.0452. The first-order valence-corrected chi connectivity index (χ1v) is 5.51. The molecule has 0 aliphatic heterocycles. The van der Waals surface area contributed by atoms with Crippen molar-refractivity contribution in [1.82, 2.24) is 5.32 Å². The highest BCUT2D eigenvalue weighted by atomic mass is 16.3. The SMILES string of the molecule is CC(CO)(NCCCC#N)c1ccccc1. The fourth-order valence-corrected chi connectivity index (χ4v) is 1.59. The molecule has 1 aromatic rings. The van der Waals surface area contributed by atoms with E-state index in [1.54, 1.807) is 0 Å². The Labute approximate surface area is 96.7 Å². The van der Waals surface area contributed by atoms with Gasteiger partial charge < -0.3 is 10.4 Å². The Hall–Kier alpha value is -1.37. The Morgan fingerprint density at radius 1 is 1.38 bits per heavy atom. The van der Waals surface area contributed by atoms with Crippen molar-refractivity contribution in [3.8, 4) is 6.07 Å². The number of aliphatic hydroxyl groups is 1. The number of rotatable bonds is 6. The first-order valence-electron chi connectivity index (χ1n) is 5.51. The molecule has 3 heteroatoms. The Bertz CT molecular complexity index is 345. The predicted molar refractivity (Wildman–Crippen MR) is 63.7 cm³/mol. The van der Waals surface area contributed by atoms with Crippen molar-refractivity contribution in [1.29, 1.82) is 5.26 Å². The van der Waals surface area contributed by atoms with E-state index in [1.165, 1.54) is 0 Å². The van der Waals surface area contributed by atoms with Gasteiger partial charge in [0.25, 0.3) is 0 Å². The molecule has 1 aromatic carbocycles. The van der Waals surface area contributed by atoms with Crippen molar-refractivity contribution >= 4 is 0 Å². The third kappa shape index (κ3) is 3.34. The van der Waals surface area contributed by atoms with Gasteiger partial charge in [0.15, 0.2) is 0 Å². The monoisotopic (exact) mass is 218 g/mol. The lowest BCUT2D eigenvalue weighted by molar-refractivity contribution is 0.175. The molecular formula is C13H18N2O. The largest absolute Gasteiger partial charge is 0.394 e. The highest BCUT2D eigenvalue weighted by molar-refractivity contribution is 5.23. The van der Waals surface area contributed by atoms with Gasteiger partial charge in [-0.15, -0.1) is 0 Å². The molecule has 0 radical (unpaired) electrons. The summed E-state index contributed by atoms with van der Waals surface area (Å²) in [5.74, 6) is 0. The van der Waals surface area contributed by atoms with Crippen molar-refractivity contribution < 1.29 is 5.11 Å². The van der Waals surface area contributed by atoms with Gasteiger partial charge in [-0.05, 0) is 25.5 Å². The van der Waals surface area contributed by atoms with Crippen LogP contribution in [0.25, 0.3) is 0 Å². The number of benzene rings is 1. The first kappa shape index (κ1) is 12.7. The molecule has 1 rings (SSSR count). The van der Waals surface area contributed by atoms with Gasteiger partial charge in [0.2, 0.25) is 0 Å². The van der Waals surface area contributed by atoms with Crippen LogP contribution in [0.15, 0.2) is 30.3 Å². The van der Waals surface area contributed by atoms with E-state index < -0.39 is 5.54 Å². The molecule has 0 heterocycles. The molecule has 0 saturated heterocycles. The van der Waals surface area contributed by atoms with Crippen LogP contribution < -0.4 is 5.32 Å². The summed E-state index contributed by atoms with van der Waals surface area (Å²) in [7, 11) is 0. The van der Waals surface area contributed by atoms with Gasteiger partial charge in [-0.3, -0.25) is 0 Å². The smallest absolute Gasteiger partial charge is 0.0652 e. The van der Waals surface area contributed by atoms with Gasteiger partial charge >= 0.3 is 0 Å². The molecule has 86 valence electrons. The van der Waals surface area contributed by atoms with Gasteiger partial charge in [0.05, 0.1) is 18.2 Å². The highest BCUT2D eigenvalue weighted by Gasteiger charge is 2.24. The number of unbranched alkanes of at least 4 members (excludes halogenated alkanes) is 1. The number of hydrogen-bond donors (Lipinski definition) is 2. The fraction of sp³-hybridized carbons (Fsp3) is 0.462. The second kappa shape index (κ2) is 6.26. The average Bonchev–Trinajstić information content (AvgIpc) is 2.35. The van der Waals surface area contributed by atoms with E-state index in [9.17, 15) is 5.11 Å². The number of nitrogens with one attached hydrogen (secondary N) is 1. The topological polar surface area (TPSA) is 56.0 Å². The van der Waals surface area contributed by atoms with Crippen LogP contribution in [0.4, 0.5) is 0 Å². The van der Waals surface area contributed by atoms with Crippen molar-refractivity contribution in [3.05, 3.63) is 35.9 Å². The number of aliphatic hydroxyl groups excluding tert-OH is 1. The molecule has 0 aromatic heterocycles. The second-order valence-corrected chi connectivity index (χ2v) is 4.04. The van der Waals surface area contributed by atoms with Crippen LogP contribution in [0, 0.1) is 11.3 Å². The summed E-state index contributed by atoms with van der Waals surface area (Å²) in [6, 6.07) is 12.0. The fourth-order valence-electron chi connectivity index (χ4n) is 1.59. The molecule has 1 atom stereocenters. The molecule has 3 nitrogen and oxygen atoms in total. The van der Waals surface area contributed by atoms with E-state index in [4.69, 9.17) is 5.26 Å². The zero-order chi connectivity index (χ0) is 11.9. The Morgan fingerprint density at radius 2 is 2.06 bits per heavy atom. The van der Waals surface area contributed by atoms with Crippen molar-refractivity contribution in [2.75, 3.05) is 13.2 Å². The average molecular weight is 218 g/mol. The Morgan fingerprint density at radius 3 is 2.62 bits per heavy atom. The van der Waals surface area contributed by atoms with Crippen LogP contribution in [0.1, 0.15) is 25.3 Å². The van der Waals surface area contributed by atoms with E-state index in [0.29, 0.717) is 6.42 Å². The molecular weight excluding hydrogens is 200 g/mol. The lowest BCUT2D eigenvalue weighted by Gasteiger charge is -2.29.